The van der Waals surface area contributed by atoms with Gasteiger partial charge >= 0.3 is 0 Å². The van der Waals surface area contributed by atoms with E-state index in [4.69, 9.17) is 10.5 Å². The number of ether oxygens (including phenoxy) is 1. The molecule has 20 heavy (non-hydrogen) atoms. The minimum Gasteiger partial charge on any atom is -0.398 e. The molecule has 0 saturated carbocycles. The molecule has 0 amide bonds. The Balaban J connectivity index is 2.11. The van der Waals surface area contributed by atoms with Crippen molar-refractivity contribution in [1.82, 2.24) is 4.72 Å². The van der Waals surface area contributed by atoms with E-state index in [2.05, 4.69) is 4.72 Å². The van der Waals surface area contributed by atoms with Crippen LogP contribution in [0.3, 0.4) is 0 Å². The van der Waals surface area contributed by atoms with Gasteiger partial charge in [0.15, 0.2) is 0 Å². The fourth-order valence-corrected chi connectivity index (χ4v) is 3.61. The summed E-state index contributed by atoms with van der Waals surface area (Å²) in [5.74, 6) is 0.339. The Kier molecular flexibility index (Phi) is 4.67. The molecule has 1 fully saturated rings. The van der Waals surface area contributed by atoms with Crippen molar-refractivity contribution in [3.8, 4) is 0 Å². The van der Waals surface area contributed by atoms with E-state index in [1.165, 1.54) is 0 Å². The quantitative estimate of drug-likeness (QED) is 0.827. The third-order valence-electron chi connectivity index (χ3n) is 3.82. The van der Waals surface area contributed by atoms with Gasteiger partial charge in [-0.1, -0.05) is 0 Å². The first-order valence-corrected chi connectivity index (χ1v) is 8.32. The van der Waals surface area contributed by atoms with Crippen LogP contribution in [0.2, 0.25) is 0 Å². The lowest BCUT2D eigenvalue weighted by Gasteiger charge is -2.22. The number of nitrogens with two attached hydrogens (primary N) is 1. The normalized spacial score (nSPS) is 17.3. The van der Waals surface area contributed by atoms with E-state index in [-0.39, 0.29) is 4.90 Å². The molecule has 1 saturated heterocycles. The molecule has 5 nitrogen and oxygen atoms in total. The topological polar surface area (TPSA) is 81.4 Å². The molecule has 1 aliphatic heterocycles. The second-order valence-corrected chi connectivity index (χ2v) is 7.12. The molecule has 0 bridgehead atoms. The molecule has 0 unspecified atom stereocenters. The van der Waals surface area contributed by atoms with Gasteiger partial charge in [-0.3, -0.25) is 0 Å². The molecule has 0 radical (unpaired) electrons. The average Bonchev–Trinajstić information content (AvgIpc) is 2.42. The van der Waals surface area contributed by atoms with Crippen LogP contribution in [-0.4, -0.2) is 28.2 Å². The largest absolute Gasteiger partial charge is 0.398 e. The summed E-state index contributed by atoms with van der Waals surface area (Å²) >= 11 is 0. The van der Waals surface area contributed by atoms with E-state index in [9.17, 15) is 8.42 Å². The molecule has 2 rings (SSSR count). The SMILES string of the molecule is Cc1cc(N)c(S(=O)(=O)NCC2CCOCC2)cc1C. The van der Waals surface area contributed by atoms with Crippen molar-refractivity contribution in [2.24, 2.45) is 5.92 Å². The summed E-state index contributed by atoms with van der Waals surface area (Å²) in [6, 6.07) is 3.34. The summed E-state index contributed by atoms with van der Waals surface area (Å²) in [5.41, 5.74) is 8.06. The summed E-state index contributed by atoms with van der Waals surface area (Å²) in [7, 11) is -3.55. The third-order valence-corrected chi connectivity index (χ3v) is 5.30. The van der Waals surface area contributed by atoms with Crippen molar-refractivity contribution in [2.75, 3.05) is 25.5 Å². The smallest absolute Gasteiger partial charge is 0.242 e. The Morgan fingerprint density at radius 3 is 2.50 bits per heavy atom. The molecule has 112 valence electrons. The zero-order chi connectivity index (χ0) is 14.8. The van der Waals surface area contributed by atoms with Gasteiger partial charge in [0.05, 0.1) is 5.69 Å². The number of rotatable bonds is 4. The highest BCUT2D eigenvalue weighted by Crippen LogP contribution is 2.23. The van der Waals surface area contributed by atoms with Gasteiger partial charge < -0.3 is 10.5 Å². The number of sulfonamides is 1. The van der Waals surface area contributed by atoms with Crippen LogP contribution in [0, 0.1) is 19.8 Å². The van der Waals surface area contributed by atoms with Crippen molar-refractivity contribution in [1.29, 1.82) is 0 Å². The van der Waals surface area contributed by atoms with Crippen molar-refractivity contribution in [3.05, 3.63) is 23.3 Å². The van der Waals surface area contributed by atoms with Crippen molar-refractivity contribution in [3.63, 3.8) is 0 Å². The molecule has 0 atom stereocenters. The maximum Gasteiger partial charge on any atom is 0.242 e. The van der Waals surface area contributed by atoms with Gasteiger partial charge in [0, 0.05) is 19.8 Å². The molecule has 6 heteroatoms. The standard InChI is InChI=1S/C14H22N2O3S/c1-10-7-13(15)14(8-11(10)2)20(17,18)16-9-12-3-5-19-6-4-12/h7-8,12,16H,3-6,9,15H2,1-2H3. The monoisotopic (exact) mass is 298 g/mol. The Morgan fingerprint density at radius 1 is 1.25 bits per heavy atom. The van der Waals surface area contributed by atoms with Gasteiger partial charge in [-0.05, 0) is 55.9 Å². The molecule has 3 N–H and O–H groups in total. The molecule has 0 aromatic heterocycles. The minimum absolute atomic E-state index is 0.174. The first kappa shape index (κ1) is 15.3. The summed E-state index contributed by atoms with van der Waals surface area (Å²) in [6.45, 7) is 5.65. The van der Waals surface area contributed by atoms with Gasteiger partial charge in [0.1, 0.15) is 4.90 Å². The van der Waals surface area contributed by atoms with Crippen LogP contribution in [0.15, 0.2) is 17.0 Å². The molecule has 1 aliphatic rings. The zero-order valence-electron chi connectivity index (χ0n) is 12.0. The number of nitrogen functional groups attached to an aromatic ring is 1. The number of hydrogen-bond acceptors (Lipinski definition) is 4. The van der Waals surface area contributed by atoms with Gasteiger partial charge in [-0.25, -0.2) is 13.1 Å². The number of nitrogens with one attached hydrogen (secondary N) is 1. The Bertz CT molecular complexity index is 578. The fraction of sp³-hybridized carbons (Fsp3) is 0.571. The van der Waals surface area contributed by atoms with E-state index in [1.54, 1.807) is 12.1 Å². The van der Waals surface area contributed by atoms with Crippen molar-refractivity contribution in [2.45, 2.75) is 31.6 Å². The maximum absolute atomic E-state index is 12.3. The summed E-state index contributed by atoms with van der Waals surface area (Å²) in [6.07, 6.45) is 1.79. The van der Waals surface area contributed by atoms with Crippen LogP contribution in [-0.2, 0) is 14.8 Å². The number of benzene rings is 1. The lowest BCUT2D eigenvalue weighted by molar-refractivity contribution is 0.0678. The molecule has 1 heterocycles. The maximum atomic E-state index is 12.3. The molecule has 0 spiro atoms. The van der Waals surface area contributed by atoms with Crippen LogP contribution in [0.4, 0.5) is 5.69 Å². The highest BCUT2D eigenvalue weighted by Gasteiger charge is 2.21. The Labute approximate surface area is 120 Å². The van der Waals surface area contributed by atoms with Gasteiger partial charge in [-0.2, -0.15) is 0 Å². The van der Waals surface area contributed by atoms with Crippen molar-refractivity contribution >= 4 is 15.7 Å². The first-order valence-electron chi connectivity index (χ1n) is 6.84. The fourth-order valence-electron chi connectivity index (χ4n) is 2.30. The van der Waals surface area contributed by atoms with Crippen LogP contribution >= 0.6 is 0 Å². The summed E-state index contributed by atoms with van der Waals surface area (Å²) in [4.78, 5) is 0.174. The van der Waals surface area contributed by atoms with E-state index in [0.717, 1.165) is 24.0 Å². The summed E-state index contributed by atoms with van der Waals surface area (Å²) in [5, 5.41) is 0. The van der Waals surface area contributed by atoms with Crippen molar-refractivity contribution < 1.29 is 13.2 Å². The van der Waals surface area contributed by atoms with E-state index >= 15 is 0 Å². The molecular weight excluding hydrogens is 276 g/mol. The van der Waals surface area contributed by atoms with Crippen LogP contribution in [0.25, 0.3) is 0 Å². The number of anilines is 1. The molecule has 1 aromatic rings. The molecule has 0 aliphatic carbocycles. The predicted octanol–water partition coefficient (Wildman–Crippen LogP) is 1.59. The third kappa shape index (κ3) is 3.50. The van der Waals surface area contributed by atoms with Gasteiger partial charge in [-0.15, -0.1) is 0 Å². The van der Waals surface area contributed by atoms with E-state index in [1.807, 2.05) is 13.8 Å². The molecule has 1 aromatic carbocycles. The zero-order valence-corrected chi connectivity index (χ0v) is 12.8. The van der Waals surface area contributed by atoms with Crippen LogP contribution < -0.4 is 10.5 Å². The van der Waals surface area contributed by atoms with Gasteiger partial charge in [0.2, 0.25) is 10.0 Å². The van der Waals surface area contributed by atoms with Crippen LogP contribution in [0.5, 0.6) is 0 Å². The number of aryl methyl sites for hydroxylation is 2. The van der Waals surface area contributed by atoms with Crippen LogP contribution in [0.1, 0.15) is 24.0 Å². The Hall–Kier alpha value is -1.11. The highest BCUT2D eigenvalue weighted by molar-refractivity contribution is 7.89. The lowest BCUT2D eigenvalue weighted by Crippen LogP contribution is -2.32. The van der Waals surface area contributed by atoms with E-state index in [0.29, 0.717) is 31.4 Å². The van der Waals surface area contributed by atoms with Gasteiger partial charge in [0.25, 0.3) is 0 Å². The minimum atomic E-state index is -3.55. The summed E-state index contributed by atoms with van der Waals surface area (Å²) < 4.78 is 32.6. The first-order chi connectivity index (χ1) is 9.40. The molecular formula is C14H22N2O3S. The Morgan fingerprint density at radius 2 is 1.85 bits per heavy atom. The van der Waals surface area contributed by atoms with E-state index < -0.39 is 10.0 Å². The predicted molar refractivity (Wildman–Crippen MR) is 79.1 cm³/mol. The second kappa shape index (κ2) is 6.11. The lowest BCUT2D eigenvalue weighted by atomic mass is 10.0. The number of hydrogen-bond donors (Lipinski definition) is 2. The highest BCUT2D eigenvalue weighted by atomic mass is 32.2. The average molecular weight is 298 g/mol. The second-order valence-electron chi connectivity index (χ2n) is 5.38.